The van der Waals surface area contributed by atoms with Gasteiger partial charge in [-0.25, -0.2) is 4.39 Å². The molecule has 0 aliphatic heterocycles. The summed E-state index contributed by atoms with van der Waals surface area (Å²) in [6.07, 6.45) is 1.78. The Hall–Kier alpha value is -1.19. The fourth-order valence-corrected chi connectivity index (χ4v) is 2.70. The summed E-state index contributed by atoms with van der Waals surface area (Å²) < 4.78 is 13.7. The molecule has 2 aromatic rings. The van der Waals surface area contributed by atoms with E-state index in [1.54, 1.807) is 17.4 Å². The first kappa shape index (κ1) is 13.2. The van der Waals surface area contributed by atoms with Crippen molar-refractivity contribution in [2.75, 3.05) is 6.54 Å². The molecule has 1 N–H and O–H groups in total. The van der Waals surface area contributed by atoms with E-state index in [4.69, 9.17) is 0 Å². The van der Waals surface area contributed by atoms with Crippen LogP contribution in [-0.4, -0.2) is 6.54 Å². The van der Waals surface area contributed by atoms with Crippen LogP contribution >= 0.6 is 11.3 Å². The van der Waals surface area contributed by atoms with Crippen LogP contribution in [0.25, 0.3) is 0 Å². The Bertz CT molecular complexity index is 467. The molecular weight excluding hydrogens is 245 g/mol. The van der Waals surface area contributed by atoms with E-state index in [0.29, 0.717) is 6.42 Å². The first-order valence-corrected chi connectivity index (χ1v) is 7.24. The Morgan fingerprint density at radius 3 is 2.78 bits per heavy atom. The molecule has 0 amide bonds. The summed E-state index contributed by atoms with van der Waals surface area (Å²) in [5.41, 5.74) is 2.02. The van der Waals surface area contributed by atoms with Gasteiger partial charge in [-0.3, -0.25) is 0 Å². The Morgan fingerprint density at radius 2 is 2.11 bits per heavy atom. The third-order valence-corrected chi connectivity index (χ3v) is 3.67. The van der Waals surface area contributed by atoms with E-state index < -0.39 is 0 Å². The van der Waals surface area contributed by atoms with Crippen molar-refractivity contribution >= 4 is 11.3 Å². The van der Waals surface area contributed by atoms with Crippen molar-refractivity contribution in [3.05, 3.63) is 58.0 Å². The summed E-state index contributed by atoms with van der Waals surface area (Å²) in [6, 6.07) is 9.33. The Kier molecular flexibility index (Phi) is 4.90. The molecule has 0 spiro atoms. The number of hydrogen-bond acceptors (Lipinski definition) is 2. The number of rotatable bonds is 6. The number of benzene rings is 1. The number of halogens is 1. The molecule has 0 saturated carbocycles. The molecular formula is C15H18FNS. The second-order valence-electron chi connectivity index (χ2n) is 4.36. The van der Waals surface area contributed by atoms with E-state index in [-0.39, 0.29) is 11.9 Å². The van der Waals surface area contributed by atoms with E-state index in [2.05, 4.69) is 29.1 Å². The zero-order valence-corrected chi connectivity index (χ0v) is 11.3. The van der Waals surface area contributed by atoms with Crippen LogP contribution in [0.2, 0.25) is 0 Å². The highest BCUT2D eigenvalue weighted by Crippen LogP contribution is 2.22. The quantitative estimate of drug-likeness (QED) is 0.824. The second kappa shape index (κ2) is 6.66. The van der Waals surface area contributed by atoms with E-state index in [9.17, 15) is 4.39 Å². The monoisotopic (exact) mass is 263 g/mol. The highest BCUT2D eigenvalue weighted by atomic mass is 32.1. The molecule has 1 aromatic heterocycles. The summed E-state index contributed by atoms with van der Waals surface area (Å²) in [5.74, 6) is -0.115. The maximum Gasteiger partial charge on any atom is 0.126 e. The third-order valence-electron chi connectivity index (χ3n) is 2.97. The maximum atomic E-state index is 13.7. The highest BCUT2D eigenvalue weighted by Gasteiger charge is 2.13. The molecule has 18 heavy (non-hydrogen) atoms. The van der Waals surface area contributed by atoms with E-state index in [1.807, 2.05) is 12.1 Å². The van der Waals surface area contributed by atoms with Gasteiger partial charge in [0.25, 0.3) is 0 Å². The van der Waals surface area contributed by atoms with Crippen LogP contribution in [0.15, 0.2) is 41.1 Å². The standard InChI is InChI=1S/C15H18FNS/c1-2-8-17-15(13-7-9-18-11-13)10-12-5-3-4-6-14(12)16/h3-7,9,11,15,17H,2,8,10H2,1H3. The van der Waals surface area contributed by atoms with Gasteiger partial charge in [-0.15, -0.1) is 0 Å². The summed E-state index contributed by atoms with van der Waals surface area (Å²) >= 11 is 1.68. The number of hydrogen-bond donors (Lipinski definition) is 1. The lowest BCUT2D eigenvalue weighted by Gasteiger charge is -2.18. The molecule has 1 nitrogen and oxygen atoms in total. The fourth-order valence-electron chi connectivity index (χ4n) is 1.98. The lowest BCUT2D eigenvalue weighted by atomic mass is 10.0. The van der Waals surface area contributed by atoms with Crippen molar-refractivity contribution in [2.24, 2.45) is 0 Å². The first-order chi connectivity index (χ1) is 8.81. The molecule has 1 aromatic carbocycles. The van der Waals surface area contributed by atoms with Gasteiger partial charge in [0.1, 0.15) is 5.82 Å². The molecule has 0 aliphatic carbocycles. The van der Waals surface area contributed by atoms with Crippen molar-refractivity contribution < 1.29 is 4.39 Å². The maximum absolute atomic E-state index is 13.7. The van der Waals surface area contributed by atoms with Crippen LogP contribution < -0.4 is 5.32 Å². The lowest BCUT2D eigenvalue weighted by molar-refractivity contribution is 0.514. The minimum absolute atomic E-state index is 0.115. The third kappa shape index (κ3) is 3.40. The van der Waals surface area contributed by atoms with Crippen LogP contribution in [-0.2, 0) is 6.42 Å². The van der Waals surface area contributed by atoms with Crippen molar-refractivity contribution in [3.63, 3.8) is 0 Å². The molecule has 1 unspecified atom stereocenters. The number of nitrogens with one attached hydrogen (secondary N) is 1. The van der Waals surface area contributed by atoms with Gasteiger partial charge in [0.15, 0.2) is 0 Å². The van der Waals surface area contributed by atoms with Gasteiger partial charge in [-0.05, 0) is 53.4 Å². The summed E-state index contributed by atoms with van der Waals surface area (Å²) in [6.45, 7) is 3.09. The molecule has 96 valence electrons. The van der Waals surface area contributed by atoms with Crippen molar-refractivity contribution in [1.82, 2.24) is 5.32 Å². The van der Waals surface area contributed by atoms with Crippen LogP contribution in [0.1, 0.15) is 30.5 Å². The summed E-state index contributed by atoms with van der Waals surface area (Å²) in [4.78, 5) is 0. The highest BCUT2D eigenvalue weighted by molar-refractivity contribution is 7.07. The van der Waals surface area contributed by atoms with Crippen molar-refractivity contribution in [3.8, 4) is 0 Å². The molecule has 1 atom stereocenters. The molecule has 0 fully saturated rings. The van der Waals surface area contributed by atoms with Gasteiger partial charge in [-0.1, -0.05) is 25.1 Å². The van der Waals surface area contributed by atoms with Crippen molar-refractivity contribution in [2.45, 2.75) is 25.8 Å². The average molecular weight is 263 g/mol. The molecule has 0 radical (unpaired) electrons. The first-order valence-electron chi connectivity index (χ1n) is 6.30. The van der Waals surface area contributed by atoms with Crippen LogP contribution in [0.5, 0.6) is 0 Å². The predicted octanol–water partition coefficient (Wildman–Crippen LogP) is 4.17. The molecule has 1 heterocycles. The van der Waals surface area contributed by atoms with Gasteiger partial charge >= 0.3 is 0 Å². The van der Waals surface area contributed by atoms with Crippen LogP contribution in [0.4, 0.5) is 4.39 Å². The Labute approximate surface area is 112 Å². The molecule has 0 saturated heterocycles. The Balaban J connectivity index is 2.13. The molecule has 0 bridgehead atoms. The van der Waals surface area contributed by atoms with Gasteiger partial charge in [-0.2, -0.15) is 11.3 Å². The number of thiophene rings is 1. The van der Waals surface area contributed by atoms with Gasteiger partial charge in [0.05, 0.1) is 0 Å². The minimum atomic E-state index is -0.115. The lowest BCUT2D eigenvalue weighted by Crippen LogP contribution is -2.24. The largest absolute Gasteiger partial charge is 0.310 e. The zero-order valence-electron chi connectivity index (χ0n) is 10.5. The van der Waals surface area contributed by atoms with Gasteiger partial charge in [0.2, 0.25) is 0 Å². The van der Waals surface area contributed by atoms with Gasteiger partial charge in [0, 0.05) is 6.04 Å². The minimum Gasteiger partial charge on any atom is -0.310 e. The van der Waals surface area contributed by atoms with E-state index >= 15 is 0 Å². The summed E-state index contributed by atoms with van der Waals surface area (Å²) in [7, 11) is 0. The fraction of sp³-hybridized carbons (Fsp3) is 0.333. The second-order valence-corrected chi connectivity index (χ2v) is 5.14. The molecule has 3 heteroatoms. The summed E-state index contributed by atoms with van der Waals surface area (Å²) in [5, 5.41) is 7.69. The van der Waals surface area contributed by atoms with E-state index in [1.165, 1.54) is 11.6 Å². The smallest absolute Gasteiger partial charge is 0.126 e. The normalized spacial score (nSPS) is 12.6. The average Bonchev–Trinajstić information content (AvgIpc) is 2.90. The zero-order chi connectivity index (χ0) is 12.8. The molecule has 2 rings (SSSR count). The predicted molar refractivity (Wildman–Crippen MR) is 75.5 cm³/mol. The SMILES string of the molecule is CCCNC(Cc1ccccc1F)c1ccsc1. The van der Waals surface area contributed by atoms with E-state index in [0.717, 1.165) is 18.5 Å². The molecule has 0 aliphatic rings. The van der Waals surface area contributed by atoms with Crippen molar-refractivity contribution in [1.29, 1.82) is 0 Å². The van der Waals surface area contributed by atoms with Gasteiger partial charge < -0.3 is 5.32 Å². The van der Waals surface area contributed by atoms with Crippen LogP contribution in [0, 0.1) is 5.82 Å². The topological polar surface area (TPSA) is 12.0 Å². The van der Waals surface area contributed by atoms with Crippen LogP contribution in [0.3, 0.4) is 0 Å². The Morgan fingerprint density at radius 1 is 1.28 bits per heavy atom.